The molecule has 0 aliphatic rings. The molecule has 7 nitrogen and oxygen atoms in total. The van der Waals surface area contributed by atoms with Crippen LogP contribution in [0.1, 0.15) is 0 Å². The number of anilines is 1. The number of methoxy groups -OCH3 is 2. The second-order valence-electron chi connectivity index (χ2n) is 4.23. The Balaban J connectivity index is 2.17. The monoisotopic (exact) mass is 305 g/mol. The van der Waals surface area contributed by atoms with Crippen LogP contribution in [0.3, 0.4) is 0 Å². The van der Waals surface area contributed by atoms with Gasteiger partial charge >= 0.3 is 0 Å². The molecule has 0 amide bonds. The summed E-state index contributed by atoms with van der Waals surface area (Å²) < 4.78 is 12.0. The Morgan fingerprint density at radius 2 is 1.90 bits per heavy atom. The van der Waals surface area contributed by atoms with E-state index in [0.717, 1.165) is 5.56 Å². The van der Waals surface area contributed by atoms with E-state index in [1.807, 2.05) is 12.1 Å². The fraction of sp³-hybridized carbons (Fsp3) is 0.154. The quantitative estimate of drug-likeness (QED) is 0.745. The van der Waals surface area contributed by atoms with Crippen LogP contribution in [0.4, 0.5) is 5.95 Å². The van der Waals surface area contributed by atoms with E-state index in [1.54, 1.807) is 26.5 Å². The number of halogens is 1. The number of hydrogen-bond donors (Lipinski definition) is 1. The minimum absolute atomic E-state index is 0.142. The third-order valence-electron chi connectivity index (χ3n) is 3.00. The van der Waals surface area contributed by atoms with Crippen molar-refractivity contribution in [2.24, 2.45) is 0 Å². The second kappa shape index (κ2) is 5.10. The maximum atomic E-state index is 6.21. The van der Waals surface area contributed by atoms with Gasteiger partial charge in [-0.25, -0.2) is 4.52 Å². The van der Waals surface area contributed by atoms with Crippen LogP contribution in [0, 0.1) is 0 Å². The Bertz CT molecular complexity index is 818. The fourth-order valence-electron chi connectivity index (χ4n) is 2.01. The largest absolute Gasteiger partial charge is 0.493 e. The van der Waals surface area contributed by atoms with Crippen molar-refractivity contribution in [3.63, 3.8) is 0 Å². The van der Waals surface area contributed by atoms with Gasteiger partial charge in [0, 0.05) is 11.8 Å². The van der Waals surface area contributed by atoms with Crippen molar-refractivity contribution in [3.05, 3.63) is 29.5 Å². The van der Waals surface area contributed by atoms with Crippen molar-refractivity contribution in [3.8, 4) is 22.6 Å². The molecule has 0 fully saturated rings. The topological polar surface area (TPSA) is 87.6 Å². The molecule has 3 aromatic rings. The molecule has 0 atom stereocenters. The van der Waals surface area contributed by atoms with E-state index in [0.29, 0.717) is 28.0 Å². The number of benzene rings is 1. The smallest absolute Gasteiger partial charge is 0.255 e. The van der Waals surface area contributed by atoms with Crippen molar-refractivity contribution < 1.29 is 9.47 Å². The van der Waals surface area contributed by atoms with Gasteiger partial charge in [0.15, 0.2) is 11.5 Å². The Hall–Kier alpha value is -2.54. The zero-order chi connectivity index (χ0) is 15.0. The summed E-state index contributed by atoms with van der Waals surface area (Å²) in [6, 6.07) is 5.47. The average molecular weight is 306 g/mol. The first-order valence-electron chi connectivity index (χ1n) is 6.03. The second-order valence-corrected chi connectivity index (χ2v) is 4.59. The first kappa shape index (κ1) is 13.4. The first-order valence-corrected chi connectivity index (χ1v) is 6.41. The predicted molar refractivity (Wildman–Crippen MR) is 78.7 cm³/mol. The van der Waals surface area contributed by atoms with Gasteiger partial charge in [-0.1, -0.05) is 17.7 Å². The van der Waals surface area contributed by atoms with E-state index in [2.05, 4.69) is 15.1 Å². The SMILES string of the molecule is COc1ccc(-c2cn3nc(N)nc3nc2Cl)cc1OC. The molecule has 108 valence electrons. The molecule has 2 N–H and O–H groups in total. The Morgan fingerprint density at radius 3 is 2.62 bits per heavy atom. The molecule has 0 aliphatic heterocycles. The lowest BCUT2D eigenvalue weighted by Gasteiger charge is -2.10. The highest BCUT2D eigenvalue weighted by Crippen LogP contribution is 2.34. The highest BCUT2D eigenvalue weighted by Gasteiger charge is 2.13. The normalized spacial score (nSPS) is 10.8. The van der Waals surface area contributed by atoms with E-state index >= 15 is 0 Å². The van der Waals surface area contributed by atoms with Crippen LogP contribution >= 0.6 is 11.6 Å². The summed E-state index contributed by atoms with van der Waals surface area (Å²) in [5, 5.41) is 4.33. The molecule has 21 heavy (non-hydrogen) atoms. The van der Waals surface area contributed by atoms with Crippen LogP contribution < -0.4 is 15.2 Å². The van der Waals surface area contributed by atoms with Crippen molar-refractivity contribution in [2.75, 3.05) is 20.0 Å². The Kier molecular flexibility index (Phi) is 3.26. The number of rotatable bonds is 3. The van der Waals surface area contributed by atoms with Crippen LogP contribution in [0.15, 0.2) is 24.4 Å². The number of nitrogen functional groups attached to an aromatic ring is 1. The molecule has 3 rings (SSSR count). The molecule has 0 aliphatic carbocycles. The molecule has 2 aromatic heterocycles. The molecule has 0 spiro atoms. The molecule has 0 radical (unpaired) electrons. The molecule has 1 aromatic carbocycles. The van der Waals surface area contributed by atoms with Gasteiger partial charge < -0.3 is 15.2 Å². The van der Waals surface area contributed by atoms with Gasteiger partial charge in [-0.3, -0.25) is 0 Å². The van der Waals surface area contributed by atoms with Crippen molar-refractivity contribution in [1.82, 2.24) is 19.6 Å². The van der Waals surface area contributed by atoms with Gasteiger partial charge in [0.1, 0.15) is 5.15 Å². The van der Waals surface area contributed by atoms with Gasteiger partial charge in [0.25, 0.3) is 5.78 Å². The molecule has 0 bridgehead atoms. The lowest BCUT2D eigenvalue weighted by atomic mass is 10.1. The van der Waals surface area contributed by atoms with Gasteiger partial charge in [-0.15, -0.1) is 5.10 Å². The van der Waals surface area contributed by atoms with Crippen LogP contribution in [-0.4, -0.2) is 33.8 Å². The number of hydrogen-bond acceptors (Lipinski definition) is 6. The third kappa shape index (κ3) is 2.31. The lowest BCUT2D eigenvalue weighted by Crippen LogP contribution is -1.96. The van der Waals surface area contributed by atoms with Crippen LogP contribution in [0.2, 0.25) is 5.15 Å². The minimum Gasteiger partial charge on any atom is -0.493 e. The molecule has 0 saturated heterocycles. The van der Waals surface area contributed by atoms with Crippen LogP contribution in [0.5, 0.6) is 11.5 Å². The standard InChI is InChI=1S/C13H12ClN5O2/c1-20-9-4-3-7(5-10(9)21-2)8-6-19-13(16-11(8)14)17-12(15)18-19/h3-6H,1-2H3,(H2,15,18). The zero-order valence-electron chi connectivity index (χ0n) is 11.4. The maximum absolute atomic E-state index is 6.21. The van der Waals surface area contributed by atoms with Crippen molar-refractivity contribution in [2.45, 2.75) is 0 Å². The molecule has 2 heterocycles. The maximum Gasteiger partial charge on any atom is 0.255 e. The summed E-state index contributed by atoms with van der Waals surface area (Å²) in [4.78, 5) is 8.13. The number of aromatic nitrogens is 4. The van der Waals surface area contributed by atoms with Gasteiger partial charge in [0.05, 0.1) is 14.2 Å². The highest BCUT2D eigenvalue weighted by atomic mass is 35.5. The summed E-state index contributed by atoms with van der Waals surface area (Å²) in [5.41, 5.74) is 7.06. The summed E-state index contributed by atoms with van der Waals surface area (Å²) >= 11 is 6.21. The highest BCUT2D eigenvalue weighted by molar-refractivity contribution is 6.32. The first-order chi connectivity index (χ1) is 10.1. The molecule has 0 saturated carbocycles. The summed E-state index contributed by atoms with van der Waals surface area (Å²) in [7, 11) is 3.15. The molecule has 0 unspecified atom stereocenters. The minimum atomic E-state index is 0.142. The van der Waals surface area contributed by atoms with Gasteiger partial charge in [0.2, 0.25) is 5.95 Å². The van der Waals surface area contributed by atoms with E-state index in [-0.39, 0.29) is 5.95 Å². The van der Waals surface area contributed by atoms with E-state index in [4.69, 9.17) is 26.8 Å². The van der Waals surface area contributed by atoms with Gasteiger partial charge in [-0.05, 0) is 17.7 Å². The van der Waals surface area contributed by atoms with Crippen molar-refractivity contribution in [1.29, 1.82) is 0 Å². The third-order valence-corrected chi connectivity index (χ3v) is 3.28. The zero-order valence-corrected chi connectivity index (χ0v) is 12.1. The van der Waals surface area contributed by atoms with Crippen LogP contribution in [0.25, 0.3) is 16.9 Å². The van der Waals surface area contributed by atoms with E-state index < -0.39 is 0 Å². The lowest BCUT2D eigenvalue weighted by molar-refractivity contribution is 0.355. The Morgan fingerprint density at radius 1 is 1.14 bits per heavy atom. The number of ether oxygens (including phenoxy) is 2. The van der Waals surface area contributed by atoms with Crippen LogP contribution in [-0.2, 0) is 0 Å². The van der Waals surface area contributed by atoms with Crippen molar-refractivity contribution >= 4 is 23.3 Å². The summed E-state index contributed by atoms with van der Waals surface area (Å²) in [6.45, 7) is 0. The average Bonchev–Trinajstić information content (AvgIpc) is 2.84. The van der Waals surface area contributed by atoms with Gasteiger partial charge in [-0.2, -0.15) is 9.97 Å². The number of nitrogens with zero attached hydrogens (tertiary/aromatic N) is 4. The van der Waals surface area contributed by atoms with E-state index in [9.17, 15) is 0 Å². The fourth-order valence-corrected chi connectivity index (χ4v) is 2.25. The predicted octanol–water partition coefficient (Wildman–Crippen LogP) is 2.04. The number of nitrogens with two attached hydrogens (primary N) is 1. The Labute approximate surface area is 125 Å². The number of fused-ring (bicyclic) bond motifs is 1. The summed E-state index contributed by atoms with van der Waals surface area (Å²) in [5.74, 6) is 1.73. The molecular formula is C13H12ClN5O2. The molecular weight excluding hydrogens is 294 g/mol. The molecule has 8 heteroatoms. The van der Waals surface area contributed by atoms with E-state index in [1.165, 1.54) is 4.52 Å². The summed E-state index contributed by atoms with van der Waals surface area (Å²) in [6.07, 6.45) is 1.72.